The lowest BCUT2D eigenvalue weighted by Gasteiger charge is -2.45. The third-order valence-corrected chi connectivity index (χ3v) is 4.86. The van der Waals surface area contributed by atoms with Crippen molar-refractivity contribution in [2.45, 2.75) is 25.1 Å². The van der Waals surface area contributed by atoms with Gasteiger partial charge in [-0.05, 0) is 30.5 Å². The first-order chi connectivity index (χ1) is 10.9. The van der Waals surface area contributed by atoms with Crippen LogP contribution in [0, 0.1) is 6.92 Å². The number of benzene rings is 2. The van der Waals surface area contributed by atoms with Crippen molar-refractivity contribution in [2.75, 3.05) is 6.54 Å². The van der Waals surface area contributed by atoms with Gasteiger partial charge in [-0.15, -0.1) is 0 Å². The highest BCUT2D eigenvalue weighted by atomic mass is 19.4. The summed E-state index contributed by atoms with van der Waals surface area (Å²) in [6.45, 7) is 1.93. The molecule has 2 heterocycles. The van der Waals surface area contributed by atoms with Gasteiger partial charge < -0.3 is 4.90 Å². The van der Waals surface area contributed by atoms with Crippen molar-refractivity contribution in [3.63, 3.8) is 0 Å². The molecule has 0 fully saturated rings. The summed E-state index contributed by atoms with van der Waals surface area (Å²) in [7, 11) is 0. The molecular formula is C18H14F3NO. The van der Waals surface area contributed by atoms with Crippen molar-refractivity contribution >= 4 is 5.91 Å². The van der Waals surface area contributed by atoms with E-state index >= 15 is 0 Å². The lowest BCUT2D eigenvalue weighted by molar-refractivity contribution is -0.212. The second-order valence-electron chi connectivity index (χ2n) is 6.12. The van der Waals surface area contributed by atoms with Gasteiger partial charge in [0, 0.05) is 17.7 Å². The number of halogens is 3. The van der Waals surface area contributed by atoms with Crippen molar-refractivity contribution < 1.29 is 18.0 Å². The van der Waals surface area contributed by atoms with Crippen molar-refractivity contribution in [3.05, 3.63) is 70.3 Å². The molecule has 1 atom stereocenters. The van der Waals surface area contributed by atoms with Crippen molar-refractivity contribution in [1.29, 1.82) is 0 Å². The van der Waals surface area contributed by atoms with E-state index in [0.29, 0.717) is 12.0 Å². The Morgan fingerprint density at radius 3 is 2.57 bits per heavy atom. The molecule has 0 N–H and O–H groups in total. The predicted octanol–water partition coefficient (Wildman–Crippen LogP) is 3.81. The third kappa shape index (κ3) is 1.62. The molecule has 0 saturated heterocycles. The zero-order valence-corrected chi connectivity index (χ0v) is 12.4. The van der Waals surface area contributed by atoms with Gasteiger partial charge in [-0.25, -0.2) is 0 Å². The average Bonchev–Trinajstić information content (AvgIpc) is 2.78. The van der Waals surface area contributed by atoms with Gasteiger partial charge in [-0.1, -0.05) is 42.0 Å². The molecule has 2 aliphatic rings. The lowest BCUT2D eigenvalue weighted by atomic mass is 9.76. The van der Waals surface area contributed by atoms with Gasteiger partial charge in [0.2, 0.25) is 0 Å². The maximum Gasteiger partial charge on any atom is 0.420 e. The second-order valence-corrected chi connectivity index (χ2v) is 6.12. The van der Waals surface area contributed by atoms with Gasteiger partial charge in [0.05, 0.1) is 0 Å². The van der Waals surface area contributed by atoms with E-state index in [1.807, 2.05) is 6.92 Å². The molecule has 2 nitrogen and oxygen atoms in total. The summed E-state index contributed by atoms with van der Waals surface area (Å²) in [4.78, 5) is 13.6. The van der Waals surface area contributed by atoms with Crippen LogP contribution in [0.2, 0.25) is 0 Å². The molecular weight excluding hydrogens is 303 g/mol. The van der Waals surface area contributed by atoms with Crippen LogP contribution in [0.5, 0.6) is 0 Å². The van der Waals surface area contributed by atoms with Crippen LogP contribution in [0.15, 0.2) is 42.5 Å². The maximum atomic E-state index is 14.3. The Hall–Kier alpha value is -2.30. The Labute approximate surface area is 131 Å². The molecule has 0 radical (unpaired) electrons. The number of aryl methyl sites for hydroxylation is 1. The van der Waals surface area contributed by atoms with Crippen LogP contribution in [-0.2, 0) is 12.0 Å². The van der Waals surface area contributed by atoms with E-state index in [1.54, 1.807) is 24.3 Å². The number of alkyl halides is 3. The van der Waals surface area contributed by atoms with Crippen LogP contribution >= 0.6 is 0 Å². The highest BCUT2D eigenvalue weighted by Crippen LogP contribution is 2.56. The summed E-state index contributed by atoms with van der Waals surface area (Å²) in [6.07, 6.45) is -4.14. The molecule has 23 heavy (non-hydrogen) atoms. The second kappa shape index (κ2) is 4.37. The Balaban J connectivity index is 2.13. The number of rotatable bonds is 0. The summed E-state index contributed by atoms with van der Waals surface area (Å²) in [5.74, 6) is -0.538. The van der Waals surface area contributed by atoms with E-state index in [4.69, 9.17) is 0 Å². The fourth-order valence-electron chi connectivity index (χ4n) is 3.96. The fraction of sp³-hybridized carbons (Fsp3) is 0.278. The standard InChI is InChI=1S/C18H14F3NO/c1-11-6-7-14-12(10-11)8-9-22-16(23)13-4-2-3-5-15(13)17(14,22)18(19,20)21/h2-7,10H,8-9H2,1H3. The minimum Gasteiger partial charge on any atom is -0.316 e. The Kier molecular flexibility index (Phi) is 2.72. The number of nitrogens with zero attached hydrogens (tertiary/aromatic N) is 1. The molecule has 2 aromatic rings. The summed E-state index contributed by atoms with van der Waals surface area (Å²) < 4.78 is 43.0. The molecule has 0 aromatic heterocycles. The van der Waals surface area contributed by atoms with E-state index in [-0.39, 0.29) is 23.2 Å². The first-order valence-electron chi connectivity index (χ1n) is 7.45. The number of carbonyl (C=O) groups is 1. The molecule has 2 aliphatic heterocycles. The number of fused-ring (bicyclic) bond motifs is 5. The van der Waals surface area contributed by atoms with E-state index in [2.05, 4.69) is 0 Å². The first-order valence-corrected chi connectivity index (χ1v) is 7.45. The highest BCUT2D eigenvalue weighted by molar-refractivity contribution is 6.01. The smallest absolute Gasteiger partial charge is 0.316 e. The van der Waals surface area contributed by atoms with E-state index in [0.717, 1.165) is 10.5 Å². The monoisotopic (exact) mass is 317 g/mol. The predicted molar refractivity (Wildman–Crippen MR) is 79.2 cm³/mol. The molecule has 0 saturated carbocycles. The third-order valence-electron chi connectivity index (χ3n) is 4.86. The molecule has 5 heteroatoms. The van der Waals surface area contributed by atoms with Crippen LogP contribution in [-0.4, -0.2) is 23.5 Å². The number of hydrogen-bond acceptors (Lipinski definition) is 1. The number of hydrogen-bond donors (Lipinski definition) is 0. The number of carbonyl (C=O) groups excluding carboxylic acids is 1. The molecule has 1 unspecified atom stereocenters. The van der Waals surface area contributed by atoms with Crippen molar-refractivity contribution in [2.24, 2.45) is 0 Å². The van der Waals surface area contributed by atoms with Gasteiger partial charge in [0.1, 0.15) is 0 Å². The molecule has 0 spiro atoms. The van der Waals surface area contributed by atoms with Crippen LogP contribution < -0.4 is 0 Å². The van der Waals surface area contributed by atoms with Crippen LogP contribution in [0.3, 0.4) is 0 Å². The zero-order chi connectivity index (χ0) is 16.4. The van der Waals surface area contributed by atoms with Gasteiger partial charge in [0.15, 0.2) is 5.54 Å². The molecule has 118 valence electrons. The molecule has 0 bridgehead atoms. The fourth-order valence-corrected chi connectivity index (χ4v) is 3.96. The summed E-state index contributed by atoms with van der Waals surface area (Å²) in [5.41, 5.74) is -0.391. The minimum absolute atomic E-state index is 0.0438. The van der Waals surface area contributed by atoms with E-state index in [9.17, 15) is 18.0 Å². The summed E-state index contributed by atoms with van der Waals surface area (Å²) in [6, 6.07) is 11.1. The highest BCUT2D eigenvalue weighted by Gasteiger charge is 2.68. The van der Waals surface area contributed by atoms with Crippen LogP contribution in [0.25, 0.3) is 0 Å². The largest absolute Gasteiger partial charge is 0.420 e. The van der Waals surface area contributed by atoms with Gasteiger partial charge >= 0.3 is 6.18 Å². The lowest BCUT2D eigenvalue weighted by Crippen LogP contribution is -2.58. The summed E-state index contributed by atoms with van der Waals surface area (Å²) >= 11 is 0. The molecule has 2 aromatic carbocycles. The van der Waals surface area contributed by atoms with Gasteiger partial charge in [0.25, 0.3) is 5.91 Å². The normalized spacial score (nSPS) is 22.6. The Morgan fingerprint density at radius 1 is 1.09 bits per heavy atom. The quantitative estimate of drug-likeness (QED) is 0.723. The minimum atomic E-state index is -4.58. The zero-order valence-electron chi connectivity index (χ0n) is 12.4. The van der Waals surface area contributed by atoms with E-state index in [1.165, 1.54) is 18.2 Å². The summed E-state index contributed by atoms with van der Waals surface area (Å²) in [5, 5.41) is 0. The molecule has 0 aliphatic carbocycles. The average molecular weight is 317 g/mol. The first kappa shape index (κ1) is 14.3. The molecule has 1 amide bonds. The van der Waals surface area contributed by atoms with Crippen molar-refractivity contribution in [3.8, 4) is 0 Å². The Morgan fingerprint density at radius 2 is 1.83 bits per heavy atom. The van der Waals surface area contributed by atoms with Crippen molar-refractivity contribution in [1.82, 2.24) is 4.90 Å². The SMILES string of the molecule is Cc1ccc2c(c1)CCN1C(=O)c3ccccc3C21C(F)(F)F. The van der Waals surface area contributed by atoms with E-state index < -0.39 is 17.6 Å². The van der Waals surface area contributed by atoms with Crippen LogP contribution in [0.1, 0.15) is 32.6 Å². The maximum absolute atomic E-state index is 14.3. The number of amides is 1. The molecule has 4 rings (SSSR count). The topological polar surface area (TPSA) is 20.3 Å². The van der Waals surface area contributed by atoms with Gasteiger partial charge in [-0.2, -0.15) is 13.2 Å². The van der Waals surface area contributed by atoms with Gasteiger partial charge in [-0.3, -0.25) is 4.79 Å². The Bertz CT molecular complexity index is 827. The van der Waals surface area contributed by atoms with Crippen LogP contribution in [0.4, 0.5) is 13.2 Å².